The van der Waals surface area contributed by atoms with Crippen LogP contribution < -0.4 is 42.6 Å². The van der Waals surface area contributed by atoms with Crippen molar-refractivity contribution in [2.45, 2.75) is 80.8 Å². The zero-order valence-electron chi connectivity index (χ0n) is 55.7. The summed E-state index contributed by atoms with van der Waals surface area (Å²) in [4.78, 5) is 149. The van der Waals surface area contributed by atoms with Crippen molar-refractivity contribution in [2.75, 3.05) is 13.7 Å². The van der Waals surface area contributed by atoms with Crippen LogP contribution in [0.25, 0.3) is 32.5 Å². The topological polar surface area (TPSA) is 479 Å². The molecule has 2 aromatic heterocycles. The van der Waals surface area contributed by atoms with E-state index in [0.29, 0.717) is 27.6 Å². The Balaban J connectivity index is 0.000000529. The van der Waals surface area contributed by atoms with Gasteiger partial charge in [-0.3, -0.25) is 47.9 Å². The van der Waals surface area contributed by atoms with Gasteiger partial charge in [-0.1, -0.05) is 117 Å². The number of nitrogens with zero attached hydrogens (tertiary/aromatic N) is 5. The first-order valence-corrected chi connectivity index (χ1v) is 34.3. The quantitative estimate of drug-likeness (QED) is 0.0178. The van der Waals surface area contributed by atoms with E-state index in [0.717, 1.165) is 41.3 Å². The summed E-state index contributed by atoms with van der Waals surface area (Å²) in [6.45, 7) is 1.26. The number of H-pyrrole nitrogens is 2. The van der Waals surface area contributed by atoms with Gasteiger partial charge < -0.3 is 81.7 Å². The van der Waals surface area contributed by atoms with Gasteiger partial charge in [0.2, 0.25) is 35.3 Å². The molecule has 37 heteroatoms. The van der Waals surface area contributed by atoms with Gasteiger partial charge in [0, 0.05) is 71.3 Å². The van der Waals surface area contributed by atoms with Crippen LogP contribution in [0.3, 0.4) is 0 Å². The van der Waals surface area contributed by atoms with E-state index in [4.69, 9.17) is 89.7 Å². The number of aliphatic hydroxyl groups excluding tert-OH is 1. The van der Waals surface area contributed by atoms with E-state index in [2.05, 4.69) is 46.6 Å². The molecule has 6 unspecified atom stereocenters. The summed E-state index contributed by atoms with van der Waals surface area (Å²) in [5, 5.41) is 87.8. The van der Waals surface area contributed by atoms with E-state index in [-0.39, 0.29) is 85.7 Å². The molecule has 1 saturated heterocycles. The van der Waals surface area contributed by atoms with Crippen molar-refractivity contribution >= 4 is 128 Å². The molecule has 0 aliphatic carbocycles. The zero-order chi connectivity index (χ0) is 78.0. The second-order valence-electron chi connectivity index (χ2n) is 24.9. The van der Waals surface area contributed by atoms with Crippen LogP contribution >= 0.6 is 69.6 Å². The summed E-state index contributed by atoms with van der Waals surface area (Å²) in [5.74, 6) is -12.8. The molecule has 9 aromatic rings. The number of nitrogens with one attached hydrogen (secondary N) is 7. The molecule has 9 bridgehead atoms. The van der Waals surface area contributed by atoms with Gasteiger partial charge >= 0.3 is 11.7 Å². The first-order valence-electron chi connectivity index (χ1n) is 32.1. The molecule has 558 valence electrons. The average Bonchev–Trinajstić information content (AvgIpc) is 1.44. The number of aromatic nitrogens is 3. The van der Waals surface area contributed by atoms with Crippen molar-refractivity contribution in [1.82, 2.24) is 46.0 Å². The van der Waals surface area contributed by atoms with Crippen molar-refractivity contribution in [2.24, 2.45) is 5.11 Å². The molecular weight excluding hydrogens is 1540 g/mol. The molecule has 4 aliphatic rings. The Labute approximate surface area is 638 Å². The van der Waals surface area contributed by atoms with Crippen LogP contribution in [-0.4, -0.2) is 140 Å². The van der Waals surface area contributed by atoms with Crippen molar-refractivity contribution in [3.63, 3.8) is 0 Å². The summed E-state index contributed by atoms with van der Waals surface area (Å²) < 4.78 is 13.1. The number of aromatic hydroxyl groups is 5. The molecule has 108 heavy (non-hydrogen) atoms. The Hall–Kier alpha value is -11.5. The van der Waals surface area contributed by atoms with E-state index in [1.165, 1.54) is 84.7 Å². The lowest BCUT2D eigenvalue weighted by Gasteiger charge is -2.33. The number of Topliss-reactive ketones (excluding diaryl/α,β-unsaturated/α-hetero) is 1. The molecule has 0 saturated carbocycles. The Morgan fingerprint density at radius 3 is 1.84 bits per heavy atom. The minimum absolute atomic E-state index is 0.0362. The number of ether oxygens (including phenoxy) is 2. The Bertz CT molecular complexity index is 5280. The number of ketones is 1. The number of para-hydroxylation sites is 1. The molecule has 7 aromatic carbocycles. The van der Waals surface area contributed by atoms with E-state index in [1.54, 1.807) is 25.1 Å². The number of aryl methyl sites for hydroxylation is 1. The molecule has 31 nitrogen and oxygen atoms in total. The number of azide groups is 1. The van der Waals surface area contributed by atoms with Gasteiger partial charge in [-0.05, 0) is 119 Å². The zero-order valence-corrected chi connectivity index (χ0v) is 60.2. The fourth-order valence-electron chi connectivity index (χ4n) is 12.3. The summed E-state index contributed by atoms with van der Waals surface area (Å²) in [6, 6.07) is 12.8. The predicted molar refractivity (Wildman–Crippen MR) is 390 cm³/mol. The molecule has 0 radical (unpaired) electrons. The average molecular weight is 1600 g/mol. The van der Waals surface area contributed by atoms with Crippen LogP contribution in [0.15, 0.2) is 142 Å². The molecule has 9 atom stereocenters. The monoisotopic (exact) mass is 1590 g/mol. The van der Waals surface area contributed by atoms with E-state index < -0.39 is 163 Å². The second-order valence-corrected chi connectivity index (χ2v) is 27.3. The standard InChI is InChI=1S/C61H45Cl6N7O15.C10H13N5O4/c1-74-43(56(82)73-48(61(87)88)25-7-9-31(75)10-8-25)13-24-5-11-32(12-6-24)89-44-22-26-14-35(51(44)77)34-4-2-3-33-30(23-68-49(33)34)21-42(69-59(85)50(76)29-19-40(66)54(80)41(67)20-29)55(81)70-46(27-15-36(62)52(78)37(63)16-27)57(83)71-45(26)58(84)72-47(60(74)86)28-17-38(64)53(79)39(65)18-28;1-5-3-15(10(18)12-9(5)17)8-2-6(13-14-11)7(4-16)19-8/h2-12,14-20,22-23,42-43,45-48,68,75,77-80H,13,21H2,1H3,(H,69,85)(H,70,81)(H,71,83)(H,72,84)(H,73,82)(H,87,88);3,6-8,16H,2,4H2,1H3,(H,12,17,18)/t;6-,7+,8+/m.0/s1. The van der Waals surface area contributed by atoms with Gasteiger partial charge in [0.25, 0.3) is 11.5 Å². The maximum Gasteiger partial charge on any atom is 0.330 e. The summed E-state index contributed by atoms with van der Waals surface area (Å²) >= 11 is 38.1. The predicted octanol–water partition coefficient (Wildman–Crippen LogP) is 9.00. The summed E-state index contributed by atoms with van der Waals surface area (Å²) in [5.41, 5.74) is 7.98. The molecule has 6 amide bonds. The molecule has 4 aliphatic heterocycles. The number of carbonyl (C=O) groups is 8. The van der Waals surface area contributed by atoms with Gasteiger partial charge in [-0.15, -0.1) is 0 Å². The smallest absolute Gasteiger partial charge is 0.330 e. The number of carboxylic acids is 1. The minimum Gasteiger partial charge on any atom is -0.508 e. The Kier molecular flexibility index (Phi) is 23.2. The van der Waals surface area contributed by atoms with Crippen molar-refractivity contribution in [1.29, 1.82) is 0 Å². The van der Waals surface area contributed by atoms with Crippen molar-refractivity contribution in [3.8, 4) is 51.4 Å². The lowest BCUT2D eigenvalue weighted by atomic mass is 9.94. The number of aliphatic carboxylic acids is 1. The van der Waals surface area contributed by atoms with Gasteiger partial charge in [0.05, 0.1) is 54.4 Å². The molecular formula is C71H58Cl6N12O19. The third-order valence-electron chi connectivity index (χ3n) is 17.9. The molecule has 6 heterocycles. The van der Waals surface area contributed by atoms with Gasteiger partial charge in [0.1, 0.15) is 47.9 Å². The third kappa shape index (κ3) is 16.4. The number of hydrogen-bond acceptors (Lipinski definition) is 19. The maximum absolute atomic E-state index is 15.8. The van der Waals surface area contributed by atoms with E-state index in [9.17, 15) is 59.4 Å². The lowest BCUT2D eigenvalue weighted by molar-refractivity contribution is -0.145. The van der Waals surface area contributed by atoms with E-state index in [1.807, 2.05) is 0 Å². The highest BCUT2D eigenvalue weighted by molar-refractivity contribution is 6.45. The molecule has 0 spiro atoms. The number of phenols is 5. The number of phenolic OH excluding ortho intramolecular Hbond substituents is 5. The van der Waals surface area contributed by atoms with Crippen LogP contribution in [-0.2, 0) is 51.1 Å². The largest absolute Gasteiger partial charge is 0.508 e. The first kappa shape index (κ1) is 77.6. The van der Waals surface area contributed by atoms with Crippen molar-refractivity contribution in [3.05, 3.63) is 234 Å². The normalized spacial score (nSPS) is 19.6. The lowest BCUT2D eigenvalue weighted by Crippen LogP contribution is -2.54. The van der Waals surface area contributed by atoms with E-state index >= 15 is 19.2 Å². The second kappa shape index (κ2) is 32.3. The number of halogens is 6. The number of carboxylic acid groups (broad SMARTS) is 1. The summed E-state index contributed by atoms with van der Waals surface area (Å²) in [7, 11) is 1.19. The number of likely N-dealkylation sites (N-methyl/N-ethyl adjacent to an activating group) is 1. The van der Waals surface area contributed by atoms with Crippen molar-refractivity contribution < 1.29 is 83.6 Å². The first-order chi connectivity index (χ1) is 51.3. The summed E-state index contributed by atoms with van der Waals surface area (Å²) in [6.07, 6.45) is 1.06. The van der Waals surface area contributed by atoms with Crippen LogP contribution in [0.2, 0.25) is 30.1 Å². The highest BCUT2D eigenvalue weighted by Crippen LogP contribution is 2.46. The van der Waals surface area contributed by atoms with Gasteiger partial charge in [0.15, 0.2) is 34.8 Å². The number of amides is 6. The Morgan fingerprint density at radius 1 is 0.694 bits per heavy atom. The highest BCUT2D eigenvalue weighted by Gasteiger charge is 2.41. The molecule has 14 N–H and O–H groups in total. The van der Waals surface area contributed by atoms with Crippen LogP contribution in [0.5, 0.6) is 40.2 Å². The highest BCUT2D eigenvalue weighted by atomic mass is 35.5. The number of hydrogen-bond donors (Lipinski definition) is 14. The fraction of sp³-hybridized carbons (Fsp3) is 0.211. The number of fused-ring (bicyclic) bond motifs is 10. The van der Waals surface area contributed by atoms with Crippen LogP contribution in [0.1, 0.15) is 86.1 Å². The number of rotatable bonds is 12. The molecule has 1 fully saturated rings. The molecule has 13 rings (SSSR count). The number of carbonyl (C=O) groups excluding carboxylic acids is 7. The SMILES string of the molecule is CN1C(=O)C(c2cc(Cl)c(O)c(Cl)c2)NC(=O)C2NC(=O)C(c3cc(Cl)c(O)c(Cl)c3)NC(=O)C(NC(=O)C(=O)c3cc(Cl)c(O)c(Cl)c3)Cc3c[nH]c4c(cccc34)-c3cc2cc(c3O)Oc2ccc(cc2)CC1C(=O)NC(C(=O)O)c1ccc(O)cc1.Cc1cn([C@H]2C[C@H](N=[N+]=[N-])[C@@H](CO)O2)c(=O)[nH]c1=O. The third-order valence-corrected chi connectivity index (χ3v) is 19.7. The van der Waals surface area contributed by atoms with Crippen LogP contribution in [0.4, 0.5) is 0 Å². The fourth-order valence-corrected chi connectivity index (χ4v) is 13.8. The minimum atomic E-state index is -2.08. The van der Waals surface area contributed by atoms with Crippen LogP contribution in [0, 0.1) is 6.92 Å². The number of aromatic amines is 2. The van der Waals surface area contributed by atoms with Gasteiger partial charge in [-0.25, -0.2) is 9.59 Å². The number of benzene rings is 7. The Morgan fingerprint density at radius 2 is 1.26 bits per heavy atom. The maximum atomic E-state index is 15.8. The van der Waals surface area contributed by atoms with Gasteiger partial charge in [-0.2, -0.15) is 0 Å². The number of aliphatic hydroxyl groups is 1.